The summed E-state index contributed by atoms with van der Waals surface area (Å²) < 4.78 is 0. The maximum Gasteiger partial charge on any atom is 0.0143 e. The lowest BCUT2D eigenvalue weighted by Gasteiger charge is -2.14. The van der Waals surface area contributed by atoms with Gasteiger partial charge in [0.15, 0.2) is 0 Å². The summed E-state index contributed by atoms with van der Waals surface area (Å²) in [4.78, 5) is 0. The van der Waals surface area contributed by atoms with Crippen molar-refractivity contribution in [1.29, 1.82) is 0 Å². The molecule has 41 valence electrons. The van der Waals surface area contributed by atoms with Crippen molar-refractivity contribution in [3.8, 4) is 0 Å². The molecule has 0 N–H and O–H groups in total. The molecule has 2 heteroatoms. The molecule has 0 aromatic rings. The predicted octanol–water partition coefficient (Wildman–Crippen LogP) is 0.683. The third kappa shape index (κ3) is 1.70. The van der Waals surface area contributed by atoms with Crippen LogP contribution in [0.2, 0.25) is 0 Å². The summed E-state index contributed by atoms with van der Waals surface area (Å²) in [5, 5.41) is 4.82. The summed E-state index contributed by atoms with van der Waals surface area (Å²) in [6.07, 6.45) is 2.37. The van der Waals surface area contributed by atoms with Crippen LogP contribution < -0.4 is 5.32 Å². The molecule has 0 amide bonds. The lowest BCUT2D eigenvalue weighted by Crippen LogP contribution is -2.22. The molecule has 1 aliphatic rings. The van der Waals surface area contributed by atoms with E-state index in [1.54, 1.807) is 0 Å². The molecule has 0 aromatic carbocycles. The first kappa shape index (κ1) is 5.45. The minimum absolute atomic E-state index is 0.637. The third-order valence-corrected chi connectivity index (χ3v) is 1.76. The summed E-state index contributed by atoms with van der Waals surface area (Å²) in [7, 11) is 0. The van der Waals surface area contributed by atoms with Gasteiger partial charge in [0.25, 0.3) is 0 Å². The van der Waals surface area contributed by atoms with E-state index in [1.165, 1.54) is 12.8 Å². The Kier molecular flexibility index (Phi) is 2.00. The van der Waals surface area contributed by atoms with Gasteiger partial charge in [-0.25, -0.2) is 5.32 Å². The Morgan fingerprint density at radius 2 is 1.86 bits per heavy atom. The second kappa shape index (κ2) is 2.58. The molecular formula is C5H10NS. The van der Waals surface area contributed by atoms with Crippen LogP contribution in [-0.2, 0) is 0 Å². The molecule has 0 aromatic heterocycles. The molecule has 1 heterocycles. The smallest absolute Gasteiger partial charge is 0.0143 e. The zero-order chi connectivity index (χ0) is 5.11. The van der Waals surface area contributed by atoms with Gasteiger partial charge in [0.2, 0.25) is 0 Å². The highest BCUT2D eigenvalue weighted by molar-refractivity contribution is 7.80. The van der Waals surface area contributed by atoms with Crippen molar-refractivity contribution in [2.45, 2.75) is 18.1 Å². The monoisotopic (exact) mass is 116 g/mol. The summed E-state index contributed by atoms with van der Waals surface area (Å²) in [5.74, 6) is 0. The highest BCUT2D eigenvalue weighted by Gasteiger charge is 2.07. The van der Waals surface area contributed by atoms with Crippen LogP contribution >= 0.6 is 12.6 Å². The minimum atomic E-state index is 0.637. The maximum absolute atomic E-state index is 4.30. The first-order valence-corrected chi connectivity index (χ1v) is 3.22. The lowest BCUT2D eigenvalue weighted by molar-refractivity contribution is 0.524. The summed E-state index contributed by atoms with van der Waals surface area (Å²) in [6.45, 7) is 2.07. The topological polar surface area (TPSA) is 14.1 Å². The van der Waals surface area contributed by atoms with E-state index in [-0.39, 0.29) is 0 Å². The van der Waals surface area contributed by atoms with Crippen molar-refractivity contribution in [3.05, 3.63) is 0 Å². The van der Waals surface area contributed by atoms with Crippen molar-refractivity contribution < 1.29 is 0 Å². The molecule has 0 saturated carbocycles. The van der Waals surface area contributed by atoms with Crippen molar-refractivity contribution in [3.63, 3.8) is 0 Å². The van der Waals surface area contributed by atoms with E-state index in [0.29, 0.717) is 5.25 Å². The van der Waals surface area contributed by atoms with Crippen molar-refractivity contribution in [2.75, 3.05) is 13.1 Å². The largest absolute Gasteiger partial charge is 0.242 e. The highest BCUT2D eigenvalue weighted by atomic mass is 32.1. The molecule has 0 atom stereocenters. The van der Waals surface area contributed by atoms with Crippen LogP contribution in [0, 0.1) is 0 Å². The first-order chi connectivity index (χ1) is 3.39. The minimum Gasteiger partial charge on any atom is -0.242 e. The number of hydrogen-bond acceptors (Lipinski definition) is 1. The second-order valence-corrected chi connectivity index (χ2v) is 2.63. The highest BCUT2D eigenvalue weighted by Crippen LogP contribution is 2.08. The van der Waals surface area contributed by atoms with Crippen molar-refractivity contribution in [2.24, 2.45) is 0 Å². The van der Waals surface area contributed by atoms with Gasteiger partial charge in [-0.2, -0.15) is 12.6 Å². The van der Waals surface area contributed by atoms with E-state index in [2.05, 4.69) is 17.9 Å². The Hall–Kier alpha value is 0.310. The van der Waals surface area contributed by atoms with Gasteiger partial charge < -0.3 is 0 Å². The number of hydrogen-bond donors (Lipinski definition) is 1. The second-order valence-electron chi connectivity index (χ2n) is 1.90. The molecule has 0 unspecified atom stereocenters. The SMILES string of the molecule is SC1CC[N]CC1. The van der Waals surface area contributed by atoms with Gasteiger partial charge in [0, 0.05) is 18.3 Å². The Bertz CT molecular complexity index is 50.0. The molecular weight excluding hydrogens is 106 g/mol. The Balaban J connectivity index is 2.12. The summed E-state index contributed by atoms with van der Waals surface area (Å²) >= 11 is 4.30. The zero-order valence-electron chi connectivity index (χ0n) is 4.30. The number of nitrogens with zero attached hydrogens (tertiary/aromatic N) is 1. The van der Waals surface area contributed by atoms with Gasteiger partial charge in [-0.15, -0.1) is 0 Å². The zero-order valence-corrected chi connectivity index (χ0v) is 5.19. The van der Waals surface area contributed by atoms with E-state index in [9.17, 15) is 0 Å². The van der Waals surface area contributed by atoms with Crippen LogP contribution in [-0.4, -0.2) is 18.3 Å². The molecule has 1 nitrogen and oxygen atoms in total. The van der Waals surface area contributed by atoms with Crippen molar-refractivity contribution in [1.82, 2.24) is 5.32 Å². The molecule has 1 fully saturated rings. The fourth-order valence-electron chi connectivity index (χ4n) is 0.737. The van der Waals surface area contributed by atoms with Gasteiger partial charge in [0.05, 0.1) is 0 Å². The van der Waals surface area contributed by atoms with Gasteiger partial charge in [-0.05, 0) is 12.8 Å². The van der Waals surface area contributed by atoms with Crippen LogP contribution in [0.4, 0.5) is 0 Å². The molecule has 0 bridgehead atoms. The number of rotatable bonds is 0. The molecule has 1 radical (unpaired) electrons. The first-order valence-electron chi connectivity index (χ1n) is 2.71. The third-order valence-electron chi connectivity index (χ3n) is 1.24. The van der Waals surface area contributed by atoms with E-state index >= 15 is 0 Å². The van der Waals surface area contributed by atoms with E-state index in [0.717, 1.165) is 13.1 Å². The molecule has 1 saturated heterocycles. The summed E-state index contributed by atoms with van der Waals surface area (Å²) in [6, 6.07) is 0. The Morgan fingerprint density at radius 1 is 1.29 bits per heavy atom. The van der Waals surface area contributed by atoms with Gasteiger partial charge in [-0.3, -0.25) is 0 Å². The fourth-order valence-corrected chi connectivity index (χ4v) is 0.968. The normalized spacial score (nSPS) is 25.3. The molecule has 1 aliphatic heterocycles. The maximum atomic E-state index is 4.30. The van der Waals surface area contributed by atoms with Gasteiger partial charge in [-0.1, -0.05) is 0 Å². The fraction of sp³-hybridized carbons (Fsp3) is 1.00. The molecule has 0 aliphatic carbocycles. The van der Waals surface area contributed by atoms with E-state index in [4.69, 9.17) is 0 Å². The molecule has 0 spiro atoms. The van der Waals surface area contributed by atoms with E-state index in [1.807, 2.05) is 0 Å². The van der Waals surface area contributed by atoms with Crippen molar-refractivity contribution >= 4 is 12.6 Å². The van der Waals surface area contributed by atoms with E-state index < -0.39 is 0 Å². The Labute approximate surface area is 49.9 Å². The number of piperidine rings is 1. The summed E-state index contributed by atoms with van der Waals surface area (Å²) in [5.41, 5.74) is 0. The van der Waals surface area contributed by atoms with Crippen LogP contribution in [0.1, 0.15) is 12.8 Å². The quantitative estimate of drug-likeness (QED) is 0.447. The average molecular weight is 116 g/mol. The van der Waals surface area contributed by atoms with Crippen LogP contribution in [0.3, 0.4) is 0 Å². The molecule has 1 rings (SSSR count). The van der Waals surface area contributed by atoms with Crippen LogP contribution in [0.25, 0.3) is 0 Å². The standard InChI is InChI=1S/C5H10NS/c7-5-1-3-6-4-2-5/h5,7H,1-4H2. The average Bonchev–Trinajstić information content (AvgIpc) is 1.69. The molecule has 7 heavy (non-hydrogen) atoms. The van der Waals surface area contributed by atoms with Crippen LogP contribution in [0.15, 0.2) is 0 Å². The van der Waals surface area contributed by atoms with Gasteiger partial charge in [0.1, 0.15) is 0 Å². The predicted molar refractivity (Wildman–Crippen MR) is 33.9 cm³/mol. The van der Waals surface area contributed by atoms with Gasteiger partial charge >= 0.3 is 0 Å². The Morgan fingerprint density at radius 3 is 2.14 bits per heavy atom. The number of thiol groups is 1. The van der Waals surface area contributed by atoms with Crippen LogP contribution in [0.5, 0.6) is 0 Å². The lowest BCUT2D eigenvalue weighted by atomic mass is 10.2.